The highest BCUT2D eigenvalue weighted by atomic mass is 35.5. The van der Waals surface area contributed by atoms with Crippen LogP contribution in [0.25, 0.3) is 0 Å². The molecule has 106 valence electrons. The molecular formula is C10H12ClNO6S. The predicted molar refractivity (Wildman–Crippen MR) is 64.4 cm³/mol. The molecule has 1 aliphatic heterocycles. The Hall–Kier alpha value is -1.09. The topological polar surface area (TPSA) is 97.0 Å². The molecule has 0 unspecified atom stereocenters. The lowest BCUT2D eigenvalue weighted by Gasteiger charge is -2.45. The SMILES string of the molecule is COCC1(C(=O)O)CN(S(=O)(=O)c2ccoc2Cl)C1. The molecule has 2 rings (SSSR count). The minimum Gasteiger partial charge on any atom is -0.481 e. The highest BCUT2D eigenvalue weighted by Gasteiger charge is 2.54. The maximum absolute atomic E-state index is 12.2. The van der Waals surface area contributed by atoms with Gasteiger partial charge in [0.1, 0.15) is 10.3 Å². The quantitative estimate of drug-likeness (QED) is 0.858. The maximum Gasteiger partial charge on any atom is 0.314 e. The third-order valence-corrected chi connectivity index (χ3v) is 5.25. The number of hydrogen-bond donors (Lipinski definition) is 1. The molecule has 1 aromatic heterocycles. The van der Waals surface area contributed by atoms with Gasteiger partial charge in [-0.25, -0.2) is 8.42 Å². The van der Waals surface area contributed by atoms with Crippen LogP contribution in [0.15, 0.2) is 21.6 Å². The second-order valence-corrected chi connectivity index (χ2v) is 6.60. The van der Waals surface area contributed by atoms with Crippen molar-refractivity contribution in [2.45, 2.75) is 4.90 Å². The fourth-order valence-electron chi connectivity index (χ4n) is 1.97. The summed E-state index contributed by atoms with van der Waals surface area (Å²) in [6, 6.07) is 1.23. The summed E-state index contributed by atoms with van der Waals surface area (Å²) in [6.45, 7) is -0.354. The van der Waals surface area contributed by atoms with Gasteiger partial charge in [-0.15, -0.1) is 0 Å². The van der Waals surface area contributed by atoms with Crippen molar-refractivity contribution in [1.82, 2.24) is 4.31 Å². The van der Waals surface area contributed by atoms with Gasteiger partial charge in [0.2, 0.25) is 15.2 Å². The lowest BCUT2D eigenvalue weighted by molar-refractivity contribution is -0.161. The molecule has 1 aliphatic rings. The molecule has 0 spiro atoms. The van der Waals surface area contributed by atoms with E-state index in [0.717, 1.165) is 10.6 Å². The number of rotatable bonds is 5. The highest BCUT2D eigenvalue weighted by Crippen LogP contribution is 2.37. The van der Waals surface area contributed by atoms with E-state index in [4.69, 9.17) is 25.9 Å². The highest BCUT2D eigenvalue weighted by molar-refractivity contribution is 7.89. The molecule has 9 heteroatoms. The Morgan fingerprint density at radius 2 is 2.26 bits per heavy atom. The average molecular weight is 310 g/mol. The molecule has 0 bridgehead atoms. The number of hydrogen-bond acceptors (Lipinski definition) is 5. The average Bonchev–Trinajstić information content (AvgIpc) is 2.69. The number of carboxylic acid groups (broad SMARTS) is 1. The summed E-state index contributed by atoms with van der Waals surface area (Å²) in [4.78, 5) is 11.0. The van der Waals surface area contributed by atoms with Crippen LogP contribution in [-0.2, 0) is 19.6 Å². The maximum atomic E-state index is 12.2. The Balaban J connectivity index is 2.20. The monoisotopic (exact) mass is 309 g/mol. The molecule has 19 heavy (non-hydrogen) atoms. The van der Waals surface area contributed by atoms with Crippen molar-refractivity contribution in [1.29, 1.82) is 0 Å². The molecule has 1 N–H and O–H groups in total. The molecule has 0 radical (unpaired) electrons. The molecule has 0 saturated carbocycles. The molecule has 2 heterocycles. The van der Waals surface area contributed by atoms with Crippen molar-refractivity contribution in [3.05, 3.63) is 17.5 Å². The summed E-state index contributed by atoms with van der Waals surface area (Å²) in [5.74, 6) is -1.08. The lowest BCUT2D eigenvalue weighted by atomic mass is 9.83. The number of furan rings is 1. The van der Waals surface area contributed by atoms with Gasteiger partial charge in [-0.2, -0.15) is 4.31 Å². The van der Waals surface area contributed by atoms with Crippen LogP contribution in [0.1, 0.15) is 0 Å². The summed E-state index contributed by atoms with van der Waals surface area (Å²) in [6.07, 6.45) is 1.16. The number of sulfonamides is 1. The third kappa shape index (κ3) is 2.25. The molecule has 7 nitrogen and oxygen atoms in total. The first kappa shape index (κ1) is 14.3. The van der Waals surface area contributed by atoms with E-state index in [1.165, 1.54) is 13.2 Å². The molecular weight excluding hydrogens is 298 g/mol. The molecule has 0 aliphatic carbocycles. The predicted octanol–water partition coefficient (Wildman–Crippen LogP) is 0.655. The van der Waals surface area contributed by atoms with E-state index in [2.05, 4.69) is 0 Å². The van der Waals surface area contributed by atoms with E-state index >= 15 is 0 Å². The third-order valence-electron chi connectivity index (χ3n) is 3.03. The Morgan fingerprint density at radius 3 is 2.68 bits per heavy atom. The van der Waals surface area contributed by atoms with Crippen molar-refractivity contribution in [2.75, 3.05) is 26.8 Å². The molecule has 1 fully saturated rings. The fourth-order valence-corrected chi connectivity index (χ4v) is 3.97. The van der Waals surface area contributed by atoms with Crippen LogP contribution in [0.3, 0.4) is 0 Å². The van der Waals surface area contributed by atoms with Crippen molar-refractivity contribution >= 4 is 27.6 Å². The zero-order valence-electron chi connectivity index (χ0n) is 10.00. The lowest BCUT2D eigenvalue weighted by Crippen LogP contribution is -2.63. The van der Waals surface area contributed by atoms with Crippen LogP contribution < -0.4 is 0 Å². The number of carbonyl (C=O) groups is 1. The second kappa shape index (κ2) is 4.78. The smallest absolute Gasteiger partial charge is 0.314 e. The summed E-state index contributed by atoms with van der Waals surface area (Å²) < 4.78 is 34.9. The van der Waals surface area contributed by atoms with E-state index < -0.39 is 21.4 Å². The minimum absolute atomic E-state index is 0.0481. The van der Waals surface area contributed by atoms with Gasteiger partial charge in [-0.3, -0.25) is 4.79 Å². The van der Waals surface area contributed by atoms with E-state index in [9.17, 15) is 13.2 Å². The molecule has 0 aromatic carbocycles. The summed E-state index contributed by atoms with van der Waals surface area (Å²) in [5, 5.41) is 8.90. The fraction of sp³-hybridized carbons (Fsp3) is 0.500. The number of methoxy groups -OCH3 is 1. The summed E-state index contributed by atoms with van der Waals surface area (Å²) in [7, 11) is -2.45. The van der Waals surface area contributed by atoms with Gasteiger partial charge in [-0.05, 0) is 17.7 Å². The van der Waals surface area contributed by atoms with E-state index in [-0.39, 0.29) is 29.8 Å². The number of halogens is 1. The minimum atomic E-state index is -3.82. The van der Waals surface area contributed by atoms with Crippen molar-refractivity contribution in [2.24, 2.45) is 5.41 Å². The van der Waals surface area contributed by atoms with Crippen LogP contribution in [0.5, 0.6) is 0 Å². The van der Waals surface area contributed by atoms with Crippen LogP contribution in [0.4, 0.5) is 0 Å². The molecule has 0 atom stereocenters. The van der Waals surface area contributed by atoms with E-state index in [1.54, 1.807) is 0 Å². The van der Waals surface area contributed by atoms with Crippen molar-refractivity contribution in [3.63, 3.8) is 0 Å². The first-order valence-electron chi connectivity index (χ1n) is 5.29. The van der Waals surface area contributed by atoms with Gasteiger partial charge in [0, 0.05) is 20.2 Å². The summed E-state index contributed by atoms with van der Waals surface area (Å²) in [5.41, 5.74) is -1.20. The second-order valence-electron chi connectivity index (χ2n) is 4.35. The van der Waals surface area contributed by atoms with Crippen molar-refractivity contribution in [3.8, 4) is 0 Å². The standard InChI is InChI=1S/C10H12ClNO6S/c1-17-6-10(9(13)14)4-12(5-10)19(15,16)7-2-3-18-8(7)11/h2-3H,4-6H2,1H3,(H,13,14). The van der Waals surface area contributed by atoms with Crippen LogP contribution in [-0.4, -0.2) is 50.6 Å². The molecule has 1 saturated heterocycles. The van der Waals surface area contributed by atoms with Gasteiger partial charge in [0.05, 0.1) is 12.9 Å². The number of ether oxygens (including phenoxy) is 1. The number of carboxylic acids is 1. The van der Waals surface area contributed by atoms with Crippen LogP contribution >= 0.6 is 11.6 Å². The first-order chi connectivity index (χ1) is 8.83. The van der Waals surface area contributed by atoms with Crippen LogP contribution in [0.2, 0.25) is 5.22 Å². The molecule has 0 amide bonds. The van der Waals surface area contributed by atoms with Gasteiger partial charge in [-0.1, -0.05) is 0 Å². The number of nitrogens with zero attached hydrogens (tertiary/aromatic N) is 1. The summed E-state index contributed by atoms with van der Waals surface area (Å²) >= 11 is 5.63. The Kier molecular flexibility index (Phi) is 3.61. The normalized spacial score (nSPS) is 19.1. The largest absolute Gasteiger partial charge is 0.481 e. The van der Waals surface area contributed by atoms with E-state index in [0.29, 0.717) is 0 Å². The zero-order valence-corrected chi connectivity index (χ0v) is 11.6. The van der Waals surface area contributed by atoms with Gasteiger partial charge in [0.25, 0.3) is 0 Å². The zero-order chi connectivity index (χ0) is 14.3. The first-order valence-corrected chi connectivity index (χ1v) is 7.11. The number of aliphatic carboxylic acids is 1. The van der Waals surface area contributed by atoms with Crippen LogP contribution in [0, 0.1) is 5.41 Å². The Labute approximate surface area is 114 Å². The van der Waals surface area contributed by atoms with Gasteiger partial charge < -0.3 is 14.3 Å². The van der Waals surface area contributed by atoms with Gasteiger partial charge in [0.15, 0.2) is 0 Å². The Morgan fingerprint density at radius 1 is 1.63 bits per heavy atom. The van der Waals surface area contributed by atoms with Crippen molar-refractivity contribution < 1.29 is 27.5 Å². The van der Waals surface area contributed by atoms with E-state index in [1.807, 2.05) is 0 Å². The molecule has 1 aromatic rings. The van der Waals surface area contributed by atoms with Gasteiger partial charge >= 0.3 is 5.97 Å². The Bertz CT molecular complexity index is 589.